The summed E-state index contributed by atoms with van der Waals surface area (Å²) in [6.07, 6.45) is -14.8. The van der Waals surface area contributed by atoms with Crippen molar-refractivity contribution in [2.75, 3.05) is 0 Å². The third kappa shape index (κ3) is 2.43. The predicted molar refractivity (Wildman–Crippen MR) is 37.1 cm³/mol. The van der Waals surface area contributed by atoms with E-state index in [0.29, 0.717) is 0 Å². The highest BCUT2D eigenvalue weighted by Crippen LogP contribution is 2.57. The molecule has 12 heteroatoms. The van der Waals surface area contributed by atoms with Crippen molar-refractivity contribution in [3.05, 3.63) is 12.8 Å². The van der Waals surface area contributed by atoms with Gasteiger partial charge in [-0.2, -0.15) is 48.3 Å². The molecule has 0 N–H and O–H groups in total. The Hall–Kier alpha value is -1.23. The zero-order chi connectivity index (χ0) is 15.9. The van der Waals surface area contributed by atoms with E-state index in [0.717, 1.165) is 0 Å². The maximum absolute atomic E-state index is 13.1. The summed E-state index contributed by atoms with van der Waals surface area (Å²) in [7, 11) is 0. The Morgan fingerprint density at radius 2 is 0.895 bits per heavy atom. The van der Waals surface area contributed by atoms with Crippen LogP contribution in [0.5, 0.6) is 0 Å². The molecule has 0 aromatic carbocycles. The maximum atomic E-state index is 13.1. The van der Waals surface area contributed by atoms with Crippen LogP contribution in [0.25, 0.3) is 0 Å². The van der Waals surface area contributed by atoms with E-state index in [1.54, 1.807) is 0 Å². The predicted octanol–water partition coefficient (Wildman–Crippen LogP) is 4.21. The highest BCUT2D eigenvalue weighted by molar-refractivity contribution is 5.05. The Morgan fingerprint density at radius 1 is 0.632 bits per heavy atom. The van der Waals surface area contributed by atoms with E-state index in [1.807, 2.05) is 0 Å². The number of halogens is 11. The molecule has 19 heavy (non-hydrogen) atoms. The molecule has 0 heterocycles. The Balaban J connectivity index is 6.11. The normalized spacial score (nSPS) is 15.3. The summed E-state index contributed by atoms with van der Waals surface area (Å²) in [5, 5.41) is 0. The fourth-order valence-electron chi connectivity index (χ4n) is 0.825. The molecule has 0 spiro atoms. The lowest BCUT2D eigenvalue weighted by Crippen LogP contribution is -2.68. The van der Waals surface area contributed by atoms with E-state index in [-0.39, 0.29) is 0 Å². The number of ether oxygens (including phenoxy) is 1. The molecule has 0 fully saturated rings. The summed E-state index contributed by atoms with van der Waals surface area (Å²) in [6.45, 7) is 2.17. The zero-order valence-electron chi connectivity index (χ0n) is 8.35. The minimum Gasteiger partial charge on any atom is -0.456 e. The molecule has 0 aliphatic carbocycles. The van der Waals surface area contributed by atoms with E-state index in [9.17, 15) is 48.3 Å². The second-order valence-electron chi connectivity index (χ2n) is 3.02. The van der Waals surface area contributed by atoms with Crippen molar-refractivity contribution in [2.24, 2.45) is 0 Å². The van der Waals surface area contributed by atoms with E-state index in [1.165, 1.54) is 0 Å². The molecule has 0 unspecified atom stereocenters. The van der Waals surface area contributed by atoms with Gasteiger partial charge in [0, 0.05) is 0 Å². The number of alkyl halides is 11. The van der Waals surface area contributed by atoms with Crippen LogP contribution in [0.3, 0.4) is 0 Å². The molecule has 0 bridgehead atoms. The van der Waals surface area contributed by atoms with Crippen LogP contribution in [-0.4, -0.2) is 30.1 Å². The Morgan fingerprint density at radius 3 is 1.05 bits per heavy atom. The summed E-state index contributed by atoms with van der Waals surface area (Å²) >= 11 is 0. The average Bonchev–Trinajstić information content (AvgIpc) is 2.13. The van der Waals surface area contributed by atoms with Crippen molar-refractivity contribution in [3.8, 4) is 0 Å². The van der Waals surface area contributed by atoms with Gasteiger partial charge in [-0.05, 0) is 0 Å². The van der Waals surface area contributed by atoms with Gasteiger partial charge in [-0.3, -0.25) is 0 Å². The molecule has 0 aromatic heterocycles. The quantitative estimate of drug-likeness (QED) is 0.558. The molecule has 1 nitrogen and oxygen atoms in total. The van der Waals surface area contributed by atoms with Crippen molar-refractivity contribution in [1.29, 1.82) is 0 Å². The minimum absolute atomic E-state index is 0.723. The lowest BCUT2D eigenvalue weighted by atomic mass is 10.0. The molecule has 0 aliphatic heterocycles. The van der Waals surface area contributed by atoms with E-state index >= 15 is 0 Å². The fourth-order valence-corrected chi connectivity index (χ4v) is 0.825. The molecule has 0 amide bonds. The summed E-state index contributed by atoms with van der Waals surface area (Å²) in [6, 6.07) is 0. The van der Waals surface area contributed by atoms with Crippen LogP contribution in [0.15, 0.2) is 12.8 Å². The van der Waals surface area contributed by atoms with Crippen LogP contribution in [0.4, 0.5) is 48.3 Å². The first kappa shape index (κ1) is 17.8. The lowest BCUT2D eigenvalue weighted by Gasteiger charge is -2.38. The van der Waals surface area contributed by atoms with Gasteiger partial charge in [0.05, 0.1) is 6.26 Å². The first-order chi connectivity index (χ1) is 8.06. The monoisotopic (exact) mass is 312 g/mol. The number of hydrogen-bond acceptors (Lipinski definition) is 1. The van der Waals surface area contributed by atoms with Crippen molar-refractivity contribution in [1.82, 2.24) is 0 Å². The fraction of sp³-hybridized carbons (Fsp3) is 0.714. The van der Waals surface area contributed by atoms with Crippen LogP contribution in [-0.2, 0) is 4.74 Å². The Bertz CT molecular complexity index is 312. The second-order valence-corrected chi connectivity index (χ2v) is 3.02. The zero-order valence-corrected chi connectivity index (χ0v) is 8.35. The van der Waals surface area contributed by atoms with Crippen LogP contribution < -0.4 is 0 Å². The molecule has 0 radical (unpaired) electrons. The largest absolute Gasteiger partial charge is 0.461 e. The van der Waals surface area contributed by atoms with Gasteiger partial charge in [0.25, 0.3) is 0 Å². The van der Waals surface area contributed by atoms with E-state index < -0.39 is 36.3 Å². The summed E-state index contributed by atoms with van der Waals surface area (Å²) in [4.78, 5) is 0. The standard InChI is InChI=1S/C7H3F11O/c1-2-19-5(12,3(8,9)6(13,14)15)4(10,11)7(16,17)18/h2H,1H2. The van der Waals surface area contributed by atoms with Crippen LogP contribution >= 0.6 is 0 Å². The van der Waals surface area contributed by atoms with Gasteiger partial charge in [0.2, 0.25) is 0 Å². The van der Waals surface area contributed by atoms with Gasteiger partial charge in [-0.1, -0.05) is 6.58 Å². The van der Waals surface area contributed by atoms with Gasteiger partial charge in [0.15, 0.2) is 0 Å². The highest BCUT2D eigenvalue weighted by Gasteiger charge is 2.88. The highest BCUT2D eigenvalue weighted by atomic mass is 19.4. The third-order valence-corrected chi connectivity index (χ3v) is 1.77. The van der Waals surface area contributed by atoms with Gasteiger partial charge in [-0.15, -0.1) is 0 Å². The lowest BCUT2D eigenvalue weighted by molar-refractivity contribution is -0.457. The van der Waals surface area contributed by atoms with Crippen LogP contribution in [0.2, 0.25) is 0 Å². The second kappa shape index (κ2) is 4.40. The Labute approximate surface area is 97.2 Å². The van der Waals surface area contributed by atoms with Crippen molar-refractivity contribution in [2.45, 2.75) is 30.1 Å². The smallest absolute Gasteiger partial charge is 0.456 e. The van der Waals surface area contributed by atoms with Gasteiger partial charge in [0.1, 0.15) is 0 Å². The van der Waals surface area contributed by atoms with E-state index in [2.05, 4.69) is 11.3 Å². The number of hydrogen-bond donors (Lipinski definition) is 0. The topological polar surface area (TPSA) is 9.23 Å². The van der Waals surface area contributed by atoms with Gasteiger partial charge in [-0.25, -0.2) is 0 Å². The number of rotatable bonds is 4. The van der Waals surface area contributed by atoms with E-state index in [4.69, 9.17) is 0 Å². The summed E-state index contributed by atoms with van der Waals surface area (Å²) < 4.78 is 136. The van der Waals surface area contributed by atoms with Gasteiger partial charge < -0.3 is 4.74 Å². The maximum Gasteiger partial charge on any atom is 0.461 e. The minimum atomic E-state index is -7.15. The van der Waals surface area contributed by atoms with Crippen LogP contribution in [0.1, 0.15) is 0 Å². The first-order valence-corrected chi connectivity index (χ1v) is 3.93. The van der Waals surface area contributed by atoms with Crippen molar-refractivity contribution >= 4 is 0 Å². The Kier molecular flexibility index (Phi) is 4.12. The molecule has 114 valence electrons. The SMILES string of the molecule is C=COC(F)(C(F)(F)C(F)(F)F)C(F)(F)C(F)(F)F. The molecular formula is C7H3F11O. The molecule has 0 saturated heterocycles. The summed E-state index contributed by atoms with van der Waals surface area (Å²) in [5.74, 6) is -21.0. The molecule has 0 aliphatic rings. The first-order valence-electron chi connectivity index (χ1n) is 3.93. The van der Waals surface area contributed by atoms with Gasteiger partial charge >= 0.3 is 30.1 Å². The summed E-state index contributed by atoms with van der Waals surface area (Å²) in [5.41, 5.74) is 0. The third-order valence-electron chi connectivity index (χ3n) is 1.77. The van der Waals surface area contributed by atoms with Crippen molar-refractivity contribution in [3.63, 3.8) is 0 Å². The molecule has 0 aromatic rings. The molecule has 0 atom stereocenters. The molecule has 0 saturated carbocycles. The average molecular weight is 312 g/mol. The molecule has 0 rings (SSSR count). The molecular weight excluding hydrogens is 309 g/mol. The van der Waals surface area contributed by atoms with Crippen molar-refractivity contribution < 1.29 is 53.0 Å². The van der Waals surface area contributed by atoms with Crippen LogP contribution in [0, 0.1) is 0 Å².